The van der Waals surface area contributed by atoms with Crippen molar-refractivity contribution in [1.29, 1.82) is 0 Å². The maximum Gasteiger partial charge on any atom is 0.248 e. The van der Waals surface area contributed by atoms with Crippen LogP contribution in [0, 0.1) is 0 Å². The zero-order valence-electron chi connectivity index (χ0n) is 9.51. The van der Waals surface area contributed by atoms with Crippen molar-refractivity contribution >= 4 is 33.6 Å². The highest BCUT2D eigenvalue weighted by molar-refractivity contribution is 9.10. The lowest BCUT2D eigenvalue weighted by Gasteiger charge is -2.03. The summed E-state index contributed by atoms with van der Waals surface area (Å²) >= 11 is 3.32. The molecule has 18 heavy (non-hydrogen) atoms. The largest absolute Gasteiger partial charge is 0.321 e. The average Bonchev–Trinajstić information content (AvgIpc) is 2.40. The van der Waals surface area contributed by atoms with Gasteiger partial charge in [0.25, 0.3) is 0 Å². The zero-order valence-corrected chi connectivity index (χ0v) is 11.1. The second-order valence-electron chi connectivity index (χ2n) is 3.59. The number of carbonyl (C=O) groups is 1. The van der Waals surface area contributed by atoms with Crippen molar-refractivity contribution in [2.45, 2.75) is 0 Å². The summed E-state index contributed by atoms with van der Waals surface area (Å²) in [6.45, 7) is 0. The van der Waals surface area contributed by atoms with Gasteiger partial charge in [0.2, 0.25) is 5.91 Å². The van der Waals surface area contributed by atoms with Gasteiger partial charge in [0.1, 0.15) is 0 Å². The Labute approximate surface area is 114 Å². The van der Waals surface area contributed by atoms with Gasteiger partial charge in [-0.25, -0.2) is 0 Å². The molecular weight excluding hydrogens is 292 g/mol. The molecule has 0 aliphatic carbocycles. The lowest BCUT2D eigenvalue weighted by atomic mass is 10.2. The molecule has 90 valence electrons. The molecule has 0 bridgehead atoms. The number of benzene rings is 1. The molecule has 2 rings (SSSR count). The van der Waals surface area contributed by atoms with E-state index in [9.17, 15) is 4.79 Å². The van der Waals surface area contributed by atoms with Crippen molar-refractivity contribution in [3.8, 4) is 0 Å². The Bertz CT molecular complexity index is 567. The summed E-state index contributed by atoms with van der Waals surface area (Å²) in [7, 11) is 0. The van der Waals surface area contributed by atoms with E-state index >= 15 is 0 Å². The minimum absolute atomic E-state index is 0.175. The number of amides is 1. The van der Waals surface area contributed by atoms with Gasteiger partial charge in [0, 0.05) is 18.5 Å². The average molecular weight is 303 g/mol. The predicted octanol–water partition coefficient (Wildman–Crippen LogP) is 3.50. The van der Waals surface area contributed by atoms with Crippen molar-refractivity contribution in [2.75, 3.05) is 5.32 Å². The first kappa shape index (κ1) is 12.5. The number of pyridine rings is 1. The van der Waals surface area contributed by atoms with E-state index in [2.05, 4.69) is 26.2 Å². The first-order chi connectivity index (χ1) is 8.75. The van der Waals surface area contributed by atoms with Gasteiger partial charge in [-0.2, -0.15) is 0 Å². The molecule has 4 heteroatoms. The molecule has 1 aromatic carbocycles. The van der Waals surface area contributed by atoms with Crippen LogP contribution in [0.2, 0.25) is 0 Å². The van der Waals surface area contributed by atoms with Crippen LogP contribution in [-0.4, -0.2) is 10.9 Å². The van der Waals surface area contributed by atoms with Gasteiger partial charge < -0.3 is 5.32 Å². The molecule has 0 saturated carbocycles. The second-order valence-corrected chi connectivity index (χ2v) is 4.44. The summed E-state index contributed by atoms with van der Waals surface area (Å²) < 4.78 is 0.756. The fourth-order valence-corrected chi connectivity index (χ4v) is 1.74. The fraction of sp³-hybridized carbons (Fsp3) is 0. The van der Waals surface area contributed by atoms with Crippen molar-refractivity contribution in [1.82, 2.24) is 4.98 Å². The Balaban J connectivity index is 2.02. The van der Waals surface area contributed by atoms with Crippen LogP contribution < -0.4 is 5.32 Å². The normalized spacial score (nSPS) is 10.5. The van der Waals surface area contributed by atoms with E-state index < -0.39 is 0 Å². The van der Waals surface area contributed by atoms with Crippen molar-refractivity contribution < 1.29 is 4.79 Å². The molecule has 1 N–H and O–H groups in total. The molecule has 0 aliphatic rings. The topological polar surface area (TPSA) is 42.0 Å². The molecule has 3 nitrogen and oxygen atoms in total. The summed E-state index contributed by atoms with van der Waals surface area (Å²) in [6, 6.07) is 11.4. The van der Waals surface area contributed by atoms with Crippen LogP contribution in [0.15, 0.2) is 59.3 Å². The number of carbonyl (C=O) groups excluding carboxylic acids is 1. The molecule has 0 unspecified atom stereocenters. The summed E-state index contributed by atoms with van der Waals surface area (Å²) in [4.78, 5) is 15.6. The monoisotopic (exact) mass is 302 g/mol. The maximum absolute atomic E-state index is 11.7. The molecule has 1 aromatic heterocycles. The van der Waals surface area contributed by atoms with Crippen LogP contribution in [0.3, 0.4) is 0 Å². The third-order valence-corrected chi connectivity index (χ3v) is 2.89. The highest BCUT2D eigenvalue weighted by Crippen LogP contribution is 2.19. The second kappa shape index (κ2) is 6.12. The van der Waals surface area contributed by atoms with Gasteiger partial charge in [-0.05, 0) is 33.6 Å². The summed E-state index contributed by atoms with van der Waals surface area (Å²) in [5.41, 5.74) is 1.69. The van der Waals surface area contributed by atoms with Gasteiger partial charge in [-0.3, -0.25) is 9.78 Å². The molecule has 0 radical (unpaired) electrons. The molecule has 0 fully saturated rings. The number of nitrogens with one attached hydrogen (secondary N) is 1. The zero-order chi connectivity index (χ0) is 12.8. The molecule has 0 spiro atoms. The fourth-order valence-electron chi connectivity index (χ4n) is 1.39. The Morgan fingerprint density at radius 1 is 1.22 bits per heavy atom. The lowest BCUT2D eigenvalue weighted by molar-refractivity contribution is -0.111. The number of hydrogen-bond acceptors (Lipinski definition) is 2. The van der Waals surface area contributed by atoms with Crippen LogP contribution in [0.5, 0.6) is 0 Å². The van der Waals surface area contributed by atoms with Gasteiger partial charge in [0.15, 0.2) is 0 Å². The van der Waals surface area contributed by atoms with Crippen LogP contribution in [-0.2, 0) is 4.79 Å². The predicted molar refractivity (Wildman–Crippen MR) is 76.0 cm³/mol. The molecule has 0 saturated heterocycles. The van der Waals surface area contributed by atoms with Gasteiger partial charge >= 0.3 is 0 Å². The number of nitrogens with zero attached hydrogens (tertiary/aromatic N) is 1. The van der Waals surface area contributed by atoms with Crippen LogP contribution in [0.4, 0.5) is 5.69 Å². The van der Waals surface area contributed by atoms with E-state index in [4.69, 9.17) is 0 Å². The van der Waals surface area contributed by atoms with Gasteiger partial charge in [0.05, 0.1) is 10.2 Å². The third-order valence-electron chi connectivity index (χ3n) is 2.26. The number of halogens is 1. The highest BCUT2D eigenvalue weighted by atomic mass is 79.9. The van der Waals surface area contributed by atoms with Gasteiger partial charge in [-0.1, -0.05) is 30.3 Å². The maximum atomic E-state index is 11.7. The molecule has 0 aliphatic heterocycles. The van der Waals surface area contributed by atoms with Crippen molar-refractivity contribution in [2.24, 2.45) is 0 Å². The highest BCUT2D eigenvalue weighted by Gasteiger charge is 2.01. The van der Waals surface area contributed by atoms with Crippen LogP contribution >= 0.6 is 15.9 Å². The smallest absolute Gasteiger partial charge is 0.248 e. The first-order valence-corrected chi connectivity index (χ1v) is 6.18. The number of rotatable bonds is 3. The number of hydrogen-bond donors (Lipinski definition) is 1. The Kier molecular flexibility index (Phi) is 4.25. The Morgan fingerprint density at radius 2 is 2.00 bits per heavy atom. The van der Waals surface area contributed by atoms with Crippen LogP contribution in [0.1, 0.15) is 5.56 Å². The van der Waals surface area contributed by atoms with E-state index in [0.29, 0.717) is 5.69 Å². The molecule has 1 amide bonds. The molecular formula is C14H11BrN2O. The van der Waals surface area contributed by atoms with E-state index in [1.807, 2.05) is 30.3 Å². The first-order valence-electron chi connectivity index (χ1n) is 5.39. The third kappa shape index (κ3) is 3.53. The standard InChI is InChI=1S/C14H11BrN2O/c15-12-10-16-9-8-13(12)17-14(18)7-6-11-4-2-1-3-5-11/h1-10H,(H,16,17,18)/b7-6+. The van der Waals surface area contributed by atoms with Gasteiger partial charge in [-0.15, -0.1) is 0 Å². The minimum atomic E-state index is -0.175. The minimum Gasteiger partial charge on any atom is -0.321 e. The van der Waals surface area contributed by atoms with E-state index in [0.717, 1.165) is 10.0 Å². The Hall–Kier alpha value is -1.94. The summed E-state index contributed by atoms with van der Waals surface area (Å²) in [5, 5.41) is 2.77. The Morgan fingerprint density at radius 3 is 2.72 bits per heavy atom. The summed E-state index contributed by atoms with van der Waals surface area (Å²) in [6.07, 6.45) is 6.53. The number of anilines is 1. The summed E-state index contributed by atoms with van der Waals surface area (Å²) in [5.74, 6) is -0.175. The van der Waals surface area contributed by atoms with E-state index in [1.54, 1.807) is 24.5 Å². The lowest BCUT2D eigenvalue weighted by Crippen LogP contribution is -2.08. The quantitative estimate of drug-likeness (QED) is 0.882. The van der Waals surface area contributed by atoms with Crippen LogP contribution in [0.25, 0.3) is 6.08 Å². The van der Waals surface area contributed by atoms with E-state index in [1.165, 1.54) is 6.08 Å². The number of aromatic nitrogens is 1. The van der Waals surface area contributed by atoms with E-state index in [-0.39, 0.29) is 5.91 Å². The van der Waals surface area contributed by atoms with Crippen molar-refractivity contribution in [3.05, 3.63) is 64.9 Å². The molecule has 0 atom stereocenters. The molecule has 1 heterocycles. The van der Waals surface area contributed by atoms with Crippen molar-refractivity contribution in [3.63, 3.8) is 0 Å². The molecule has 2 aromatic rings. The SMILES string of the molecule is O=C(/C=C/c1ccccc1)Nc1ccncc1Br.